The SMILES string of the molecule is CCCc1cc(NC)nc(-c2ccoc2)n1. The molecular formula is C12H15N3O. The minimum absolute atomic E-state index is 0.712. The number of hydrogen-bond donors (Lipinski definition) is 1. The van der Waals surface area contributed by atoms with Crippen molar-refractivity contribution in [3.05, 3.63) is 30.4 Å². The number of furan rings is 1. The zero-order valence-corrected chi connectivity index (χ0v) is 9.53. The second kappa shape index (κ2) is 4.79. The van der Waals surface area contributed by atoms with E-state index in [4.69, 9.17) is 4.42 Å². The Balaban J connectivity index is 2.41. The molecule has 4 nitrogen and oxygen atoms in total. The van der Waals surface area contributed by atoms with Crippen molar-refractivity contribution in [2.45, 2.75) is 19.8 Å². The first-order chi connectivity index (χ1) is 7.83. The number of hydrogen-bond acceptors (Lipinski definition) is 4. The van der Waals surface area contributed by atoms with Crippen molar-refractivity contribution in [1.82, 2.24) is 9.97 Å². The van der Waals surface area contributed by atoms with Gasteiger partial charge in [-0.15, -0.1) is 0 Å². The Morgan fingerprint density at radius 3 is 2.88 bits per heavy atom. The van der Waals surface area contributed by atoms with Crippen LogP contribution in [-0.2, 0) is 6.42 Å². The van der Waals surface area contributed by atoms with Crippen molar-refractivity contribution in [2.24, 2.45) is 0 Å². The summed E-state index contributed by atoms with van der Waals surface area (Å²) in [5.74, 6) is 1.55. The van der Waals surface area contributed by atoms with Crippen LogP contribution in [0.15, 0.2) is 29.1 Å². The van der Waals surface area contributed by atoms with Gasteiger partial charge in [0.15, 0.2) is 5.82 Å². The van der Waals surface area contributed by atoms with Crippen molar-refractivity contribution < 1.29 is 4.42 Å². The van der Waals surface area contributed by atoms with Crippen LogP contribution in [0, 0.1) is 0 Å². The topological polar surface area (TPSA) is 51.0 Å². The molecule has 2 aromatic heterocycles. The van der Waals surface area contributed by atoms with Gasteiger partial charge in [0.25, 0.3) is 0 Å². The van der Waals surface area contributed by atoms with Crippen LogP contribution >= 0.6 is 0 Å². The molecule has 2 rings (SSSR count). The molecule has 4 heteroatoms. The zero-order valence-electron chi connectivity index (χ0n) is 9.53. The van der Waals surface area contributed by atoms with Crippen LogP contribution in [0.5, 0.6) is 0 Å². The van der Waals surface area contributed by atoms with E-state index in [0.717, 1.165) is 29.9 Å². The van der Waals surface area contributed by atoms with Crippen molar-refractivity contribution >= 4 is 5.82 Å². The van der Waals surface area contributed by atoms with E-state index < -0.39 is 0 Å². The fourth-order valence-electron chi connectivity index (χ4n) is 1.53. The first-order valence-electron chi connectivity index (χ1n) is 5.41. The third-order valence-electron chi connectivity index (χ3n) is 2.32. The molecule has 0 amide bonds. The molecule has 0 spiro atoms. The lowest BCUT2D eigenvalue weighted by Gasteiger charge is -2.05. The van der Waals surface area contributed by atoms with Gasteiger partial charge in [-0.1, -0.05) is 13.3 Å². The summed E-state index contributed by atoms with van der Waals surface area (Å²) < 4.78 is 5.04. The molecule has 0 atom stereocenters. The van der Waals surface area contributed by atoms with Crippen LogP contribution in [0.25, 0.3) is 11.4 Å². The lowest BCUT2D eigenvalue weighted by molar-refractivity contribution is 0.568. The van der Waals surface area contributed by atoms with E-state index in [2.05, 4.69) is 22.2 Å². The maximum Gasteiger partial charge on any atom is 0.164 e. The molecule has 0 aliphatic heterocycles. The van der Waals surface area contributed by atoms with Crippen LogP contribution in [0.4, 0.5) is 5.82 Å². The second-order valence-electron chi connectivity index (χ2n) is 3.58. The summed E-state index contributed by atoms with van der Waals surface area (Å²) in [7, 11) is 1.86. The highest BCUT2D eigenvalue weighted by molar-refractivity contribution is 5.55. The monoisotopic (exact) mass is 217 g/mol. The molecule has 2 heterocycles. The summed E-state index contributed by atoms with van der Waals surface area (Å²) >= 11 is 0. The molecule has 2 aromatic rings. The van der Waals surface area contributed by atoms with E-state index in [1.807, 2.05) is 19.2 Å². The van der Waals surface area contributed by atoms with Crippen LogP contribution in [0.2, 0.25) is 0 Å². The van der Waals surface area contributed by atoms with Gasteiger partial charge in [-0.05, 0) is 12.5 Å². The average molecular weight is 217 g/mol. The standard InChI is InChI=1S/C12H15N3O/c1-3-4-10-7-11(13-2)15-12(14-10)9-5-6-16-8-9/h5-8H,3-4H2,1-2H3,(H,13,14,15). The van der Waals surface area contributed by atoms with Gasteiger partial charge >= 0.3 is 0 Å². The van der Waals surface area contributed by atoms with Crippen LogP contribution in [0.1, 0.15) is 19.0 Å². The molecule has 1 N–H and O–H groups in total. The molecule has 0 saturated heterocycles. The first kappa shape index (κ1) is 10.7. The largest absolute Gasteiger partial charge is 0.472 e. The lowest BCUT2D eigenvalue weighted by Crippen LogP contribution is -2.00. The molecule has 0 saturated carbocycles. The van der Waals surface area contributed by atoms with Crippen molar-refractivity contribution in [2.75, 3.05) is 12.4 Å². The van der Waals surface area contributed by atoms with E-state index in [9.17, 15) is 0 Å². The summed E-state index contributed by atoms with van der Waals surface area (Å²) in [6.07, 6.45) is 5.32. The van der Waals surface area contributed by atoms with Gasteiger partial charge in [0.2, 0.25) is 0 Å². The summed E-state index contributed by atoms with van der Waals surface area (Å²) in [6, 6.07) is 3.84. The Hall–Kier alpha value is -1.84. The van der Waals surface area contributed by atoms with Gasteiger partial charge in [0, 0.05) is 18.8 Å². The Kier molecular flexibility index (Phi) is 3.19. The Morgan fingerprint density at radius 1 is 1.38 bits per heavy atom. The first-order valence-corrected chi connectivity index (χ1v) is 5.41. The summed E-state index contributed by atoms with van der Waals surface area (Å²) in [6.45, 7) is 2.14. The van der Waals surface area contributed by atoms with E-state index in [1.165, 1.54) is 0 Å². The Morgan fingerprint density at radius 2 is 2.25 bits per heavy atom. The van der Waals surface area contributed by atoms with Gasteiger partial charge in [0.05, 0.1) is 11.8 Å². The molecular weight excluding hydrogens is 202 g/mol. The number of anilines is 1. The number of aromatic nitrogens is 2. The third kappa shape index (κ3) is 2.21. The fourth-order valence-corrected chi connectivity index (χ4v) is 1.53. The zero-order chi connectivity index (χ0) is 11.4. The normalized spacial score (nSPS) is 10.4. The maximum atomic E-state index is 5.04. The highest BCUT2D eigenvalue weighted by atomic mass is 16.3. The van der Waals surface area contributed by atoms with Gasteiger partial charge < -0.3 is 9.73 Å². The predicted molar refractivity (Wildman–Crippen MR) is 63.3 cm³/mol. The predicted octanol–water partition coefficient (Wildman–Crippen LogP) is 2.73. The average Bonchev–Trinajstić information content (AvgIpc) is 2.82. The minimum atomic E-state index is 0.712. The van der Waals surface area contributed by atoms with Crippen LogP contribution in [0.3, 0.4) is 0 Å². The number of rotatable bonds is 4. The van der Waals surface area contributed by atoms with E-state index in [1.54, 1.807) is 12.5 Å². The molecule has 0 radical (unpaired) electrons. The molecule has 0 unspecified atom stereocenters. The van der Waals surface area contributed by atoms with Gasteiger partial charge in [-0.3, -0.25) is 0 Å². The quantitative estimate of drug-likeness (QED) is 0.855. The number of nitrogens with zero attached hydrogens (tertiary/aromatic N) is 2. The van der Waals surface area contributed by atoms with Gasteiger partial charge in [0.1, 0.15) is 12.1 Å². The number of aryl methyl sites for hydroxylation is 1. The summed E-state index contributed by atoms with van der Waals surface area (Å²) in [5, 5.41) is 3.05. The van der Waals surface area contributed by atoms with Crippen LogP contribution in [-0.4, -0.2) is 17.0 Å². The lowest BCUT2D eigenvalue weighted by atomic mass is 10.2. The third-order valence-corrected chi connectivity index (χ3v) is 2.32. The van der Waals surface area contributed by atoms with Crippen molar-refractivity contribution in [1.29, 1.82) is 0 Å². The second-order valence-corrected chi connectivity index (χ2v) is 3.58. The molecule has 0 bridgehead atoms. The summed E-state index contributed by atoms with van der Waals surface area (Å²) in [5.41, 5.74) is 1.97. The number of nitrogens with one attached hydrogen (secondary N) is 1. The minimum Gasteiger partial charge on any atom is -0.472 e. The molecule has 16 heavy (non-hydrogen) atoms. The summed E-state index contributed by atoms with van der Waals surface area (Å²) in [4.78, 5) is 8.90. The van der Waals surface area contributed by atoms with E-state index in [-0.39, 0.29) is 0 Å². The van der Waals surface area contributed by atoms with E-state index >= 15 is 0 Å². The highest BCUT2D eigenvalue weighted by Gasteiger charge is 2.06. The van der Waals surface area contributed by atoms with Crippen molar-refractivity contribution in [3.8, 4) is 11.4 Å². The highest BCUT2D eigenvalue weighted by Crippen LogP contribution is 2.18. The van der Waals surface area contributed by atoms with E-state index in [0.29, 0.717) is 5.82 Å². The van der Waals surface area contributed by atoms with Gasteiger partial charge in [-0.25, -0.2) is 9.97 Å². The fraction of sp³-hybridized carbons (Fsp3) is 0.333. The maximum absolute atomic E-state index is 5.04. The smallest absolute Gasteiger partial charge is 0.164 e. The molecule has 0 aliphatic carbocycles. The molecule has 0 aliphatic rings. The molecule has 0 aromatic carbocycles. The van der Waals surface area contributed by atoms with Gasteiger partial charge in [-0.2, -0.15) is 0 Å². The molecule has 84 valence electrons. The Labute approximate surface area is 94.7 Å². The van der Waals surface area contributed by atoms with Crippen molar-refractivity contribution in [3.63, 3.8) is 0 Å². The van der Waals surface area contributed by atoms with Crippen LogP contribution < -0.4 is 5.32 Å². The Bertz CT molecular complexity index is 451. The molecule has 0 fully saturated rings.